The molecule has 1 unspecified atom stereocenters. The van der Waals surface area contributed by atoms with Crippen molar-refractivity contribution < 1.29 is 14.7 Å². The number of aliphatic carboxylic acids is 1. The molecule has 1 N–H and O–H groups in total. The van der Waals surface area contributed by atoms with Crippen LogP contribution in [0.2, 0.25) is 0 Å². The second-order valence-corrected chi connectivity index (χ2v) is 6.58. The maximum Gasteiger partial charge on any atom is 0.307 e. The van der Waals surface area contributed by atoms with Gasteiger partial charge in [0.15, 0.2) is 0 Å². The zero-order valence-electron chi connectivity index (χ0n) is 13.4. The van der Waals surface area contributed by atoms with Gasteiger partial charge in [-0.3, -0.25) is 9.59 Å². The minimum absolute atomic E-state index is 0.0501. The zero-order valence-corrected chi connectivity index (χ0v) is 13.4. The summed E-state index contributed by atoms with van der Waals surface area (Å²) >= 11 is 0. The van der Waals surface area contributed by atoms with E-state index in [9.17, 15) is 9.59 Å². The van der Waals surface area contributed by atoms with E-state index in [1.165, 1.54) is 0 Å². The molecule has 0 aliphatic carbocycles. The van der Waals surface area contributed by atoms with Gasteiger partial charge >= 0.3 is 5.97 Å². The molecule has 0 radical (unpaired) electrons. The second-order valence-electron chi connectivity index (χ2n) is 6.58. The van der Waals surface area contributed by atoms with E-state index >= 15 is 0 Å². The molecule has 120 valence electrons. The van der Waals surface area contributed by atoms with Crippen molar-refractivity contribution in [1.29, 1.82) is 0 Å². The third-order valence-corrected chi connectivity index (χ3v) is 4.10. The van der Waals surface area contributed by atoms with Crippen molar-refractivity contribution in [3.05, 3.63) is 35.4 Å². The lowest BCUT2D eigenvalue weighted by Gasteiger charge is -2.26. The molecule has 4 nitrogen and oxygen atoms in total. The first-order valence-corrected chi connectivity index (χ1v) is 8.04. The Balaban J connectivity index is 2.02. The molecule has 1 aromatic carbocycles. The normalized spacial score (nSPS) is 18.0. The van der Waals surface area contributed by atoms with Crippen LogP contribution in [0.4, 0.5) is 0 Å². The summed E-state index contributed by atoms with van der Waals surface area (Å²) in [6, 6.07) is 7.98. The molecule has 1 aliphatic rings. The van der Waals surface area contributed by atoms with E-state index in [-0.39, 0.29) is 18.4 Å². The molecule has 22 heavy (non-hydrogen) atoms. The maximum atomic E-state index is 12.3. The standard InChI is InChI=1S/C18H25NO3/c1-13(2)9-17(20)19-8-4-7-16(19)11-14-5-3-6-15(10-14)12-18(21)22/h3,5-6,10,13,16H,4,7-9,11-12H2,1-2H3,(H,21,22). The van der Waals surface area contributed by atoms with Gasteiger partial charge in [-0.05, 0) is 36.3 Å². The first-order valence-electron chi connectivity index (χ1n) is 8.04. The van der Waals surface area contributed by atoms with E-state index in [2.05, 4.69) is 13.8 Å². The van der Waals surface area contributed by atoms with Gasteiger partial charge in [0, 0.05) is 19.0 Å². The van der Waals surface area contributed by atoms with Gasteiger partial charge in [0.05, 0.1) is 6.42 Å². The van der Waals surface area contributed by atoms with Crippen LogP contribution in [-0.2, 0) is 22.4 Å². The molecule has 2 rings (SSSR count). The third-order valence-electron chi connectivity index (χ3n) is 4.10. The molecule has 1 saturated heterocycles. The van der Waals surface area contributed by atoms with Crippen LogP contribution in [0.25, 0.3) is 0 Å². The Morgan fingerprint density at radius 3 is 2.73 bits per heavy atom. The van der Waals surface area contributed by atoms with Crippen LogP contribution in [0.15, 0.2) is 24.3 Å². The number of amides is 1. The van der Waals surface area contributed by atoms with Crippen LogP contribution in [0, 0.1) is 5.92 Å². The summed E-state index contributed by atoms with van der Waals surface area (Å²) in [5.74, 6) is -0.182. The van der Waals surface area contributed by atoms with Crippen LogP contribution >= 0.6 is 0 Å². The van der Waals surface area contributed by atoms with Gasteiger partial charge in [0.1, 0.15) is 0 Å². The van der Waals surface area contributed by atoms with Crippen LogP contribution in [0.1, 0.15) is 44.2 Å². The topological polar surface area (TPSA) is 57.6 Å². The third kappa shape index (κ3) is 4.58. The number of rotatable bonds is 6. The first-order chi connectivity index (χ1) is 10.5. The molecule has 1 heterocycles. The Kier molecular flexibility index (Phi) is 5.58. The second kappa shape index (κ2) is 7.43. The van der Waals surface area contributed by atoms with Gasteiger partial charge in [-0.2, -0.15) is 0 Å². The fraction of sp³-hybridized carbons (Fsp3) is 0.556. The average molecular weight is 303 g/mol. The van der Waals surface area contributed by atoms with Gasteiger partial charge < -0.3 is 10.0 Å². The van der Waals surface area contributed by atoms with Crippen molar-refractivity contribution in [2.75, 3.05) is 6.54 Å². The summed E-state index contributed by atoms with van der Waals surface area (Å²) in [4.78, 5) is 25.2. The molecule has 1 amide bonds. The highest BCUT2D eigenvalue weighted by atomic mass is 16.4. The van der Waals surface area contributed by atoms with Gasteiger partial charge in [-0.15, -0.1) is 0 Å². The Morgan fingerprint density at radius 1 is 1.32 bits per heavy atom. The van der Waals surface area contributed by atoms with E-state index in [1.807, 2.05) is 29.2 Å². The summed E-state index contributed by atoms with van der Waals surface area (Å²) in [5, 5.41) is 8.89. The van der Waals surface area contributed by atoms with Gasteiger partial charge in [-0.25, -0.2) is 0 Å². The summed E-state index contributed by atoms with van der Waals surface area (Å²) in [7, 11) is 0. The van der Waals surface area contributed by atoms with E-state index in [0.717, 1.165) is 36.9 Å². The SMILES string of the molecule is CC(C)CC(=O)N1CCCC1Cc1cccc(CC(=O)O)c1. The van der Waals surface area contributed by atoms with E-state index in [0.29, 0.717) is 12.3 Å². The number of hydrogen-bond acceptors (Lipinski definition) is 2. The van der Waals surface area contributed by atoms with Crippen LogP contribution in [0.5, 0.6) is 0 Å². The number of benzene rings is 1. The quantitative estimate of drug-likeness (QED) is 0.879. The molecule has 4 heteroatoms. The molecule has 1 fully saturated rings. The van der Waals surface area contributed by atoms with E-state index < -0.39 is 5.97 Å². The Labute approximate surface area is 132 Å². The molecular formula is C18H25NO3. The Bertz CT molecular complexity index is 539. The number of carboxylic acids is 1. The van der Waals surface area contributed by atoms with Crippen LogP contribution in [0.3, 0.4) is 0 Å². The van der Waals surface area contributed by atoms with Crippen molar-refractivity contribution in [2.45, 2.75) is 52.0 Å². The molecule has 0 saturated carbocycles. The number of carbonyl (C=O) groups excluding carboxylic acids is 1. The minimum Gasteiger partial charge on any atom is -0.481 e. The molecule has 0 bridgehead atoms. The highest BCUT2D eigenvalue weighted by molar-refractivity contribution is 5.77. The zero-order chi connectivity index (χ0) is 16.1. The number of likely N-dealkylation sites (tertiary alicyclic amines) is 1. The largest absolute Gasteiger partial charge is 0.481 e. The molecular weight excluding hydrogens is 278 g/mol. The van der Waals surface area contributed by atoms with Gasteiger partial charge in [0.25, 0.3) is 0 Å². The Hall–Kier alpha value is -1.84. The smallest absolute Gasteiger partial charge is 0.307 e. The molecule has 1 atom stereocenters. The molecule has 0 aromatic heterocycles. The maximum absolute atomic E-state index is 12.3. The van der Waals surface area contributed by atoms with Crippen LogP contribution in [-0.4, -0.2) is 34.5 Å². The highest BCUT2D eigenvalue weighted by Gasteiger charge is 2.28. The molecule has 0 spiro atoms. The first kappa shape index (κ1) is 16.5. The fourth-order valence-corrected chi connectivity index (χ4v) is 3.16. The van der Waals surface area contributed by atoms with Crippen LogP contribution < -0.4 is 0 Å². The Morgan fingerprint density at radius 2 is 2.05 bits per heavy atom. The summed E-state index contributed by atoms with van der Waals surface area (Å²) in [5.41, 5.74) is 1.94. The fourth-order valence-electron chi connectivity index (χ4n) is 3.16. The summed E-state index contributed by atoms with van der Waals surface area (Å²) < 4.78 is 0. The summed E-state index contributed by atoms with van der Waals surface area (Å²) in [6.07, 6.45) is 3.57. The van der Waals surface area contributed by atoms with Gasteiger partial charge in [0.2, 0.25) is 5.91 Å². The van der Waals surface area contributed by atoms with Crippen molar-refractivity contribution in [2.24, 2.45) is 5.92 Å². The lowest BCUT2D eigenvalue weighted by atomic mass is 10.00. The van der Waals surface area contributed by atoms with Crippen molar-refractivity contribution in [3.8, 4) is 0 Å². The average Bonchev–Trinajstić information content (AvgIpc) is 2.85. The monoisotopic (exact) mass is 303 g/mol. The predicted molar refractivity (Wildman–Crippen MR) is 85.7 cm³/mol. The number of carbonyl (C=O) groups is 2. The van der Waals surface area contributed by atoms with Crippen molar-refractivity contribution in [1.82, 2.24) is 4.90 Å². The lowest BCUT2D eigenvalue weighted by molar-refractivity contribution is -0.136. The van der Waals surface area contributed by atoms with Crippen molar-refractivity contribution >= 4 is 11.9 Å². The number of nitrogens with zero attached hydrogens (tertiary/aromatic N) is 1. The summed E-state index contributed by atoms with van der Waals surface area (Å²) in [6.45, 7) is 4.99. The van der Waals surface area contributed by atoms with E-state index in [4.69, 9.17) is 5.11 Å². The predicted octanol–water partition coefficient (Wildman–Crippen LogP) is 2.89. The van der Waals surface area contributed by atoms with E-state index in [1.54, 1.807) is 0 Å². The minimum atomic E-state index is -0.813. The highest BCUT2D eigenvalue weighted by Crippen LogP contribution is 2.23. The molecule has 1 aromatic rings. The number of hydrogen-bond donors (Lipinski definition) is 1. The molecule has 1 aliphatic heterocycles. The lowest BCUT2D eigenvalue weighted by Crippen LogP contribution is -2.37. The van der Waals surface area contributed by atoms with Crippen molar-refractivity contribution in [3.63, 3.8) is 0 Å². The number of carboxylic acid groups (broad SMARTS) is 1. The van der Waals surface area contributed by atoms with Gasteiger partial charge in [-0.1, -0.05) is 38.1 Å².